The standard InChI is InChI=1S/C13H16FNO3/c1-4-13(2,3)12(18)15-10-7-8(14)5-6-9(10)11(16)17/h5-7H,4H2,1-3H3,(H,15,18)(H,16,17). The minimum absolute atomic E-state index is 0.0194. The first-order chi connectivity index (χ1) is 8.27. The van der Waals surface area contributed by atoms with Crippen LogP contribution in [-0.2, 0) is 4.79 Å². The fourth-order valence-electron chi connectivity index (χ4n) is 1.26. The van der Waals surface area contributed by atoms with Gasteiger partial charge in [-0.1, -0.05) is 20.8 Å². The van der Waals surface area contributed by atoms with Gasteiger partial charge in [0.2, 0.25) is 5.91 Å². The van der Waals surface area contributed by atoms with Crippen LogP contribution in [0.25, 0.3) is 0 Å². The van der Waals surface area contributed by atoms with Crippen molar-refractivity contribution < 1.29 is 19.1 Å². The number of hydrogen-bond donors (Lipinski definition) is 2. The summed E-state index contributed by atoms with van der Waals surface area (Å²) in [7, 11) is 0. The zero-order valence-corrected chi connectivity index (χ0v) is 10.6. The SMILES string of the molecule is CCC(C)(C)C(=O)Nc1cc(F)ccc1C(=O)O. The molecule has 0 saturated heterocycles. The largest absolute Gasteiger partial charge is 0.478 e. The van der Waals surface area contributed by atoms with Crippen molar-refractivity contribution in [3.63, 3.8) is 0 Å². The topological polar surface area (TPSA) is 66.4 Å². The third-order valence-electron chi connectivity index (χ3n) is 2.96. The van der Waals surface area contributed by atoms with E-state index < -0.39 is 17.2 Å². The van der Waals surface area contributed by atoms with Gasteiger partial charge in [0.05, 0.1) is 11.3 Å². The van der Waals surface area contributed by atoms with Crippen LogP contribution in [0.1, 0.15) is 37.6 Å². The van der Waals surface area contributed by atoms with Gasteiger partial charge in [0.15, 0.2) is 0 Å². The van der Waals surface area contributed by atoms with Gasteiger partial charge in [-0.3, -0.25) is 4.79 Å². The number of carboxylic acid groups (broad SMARTS) is 1. The van der Waals surface area contributed by atoms with Crippen LogP contribution < -0.4 is 5.32 Å². The summed E-state index contributed by atoms with van der Waals surface area (Å²) in [5.74, 6) is -2.14. The van der Waals surface area contributed by atoms with E-state index in [1.54, 1.807) is 13.8 Å². The molecule has 0 aliphatic rings. The molecule has 0 saturated carbocycles. The van der Waals surface area contributed by atoms with Crippen molar-refractivity contribution in [1.82, 2.24) is 0 Å². The van der Waals surface area contributed by atoms with Crippen LogP contribution in [0.3, 0.4) is 0 Å². The van der Waals surface area contributed by atoms with Gasteiger partial charge in [0, 0.05) is 5.41 Å². The van der Waals surface area contributed by atoms with Crippen LogP contribution in [-0.4, -0.2) is 17.0 Å². The molecule has 0 fully saturated rings. The average molecular weight is 253 g/mol. The molecule has 0 aliphatic heterocycles. The lowest BCUT2D eigenvalue weighted by Gasteiger charge is -2.22. The fourth-order valence-corrected chi connectivity index (χ4v) is 1.26. The lowest BCUT2D eigenvalue weighted by Crippen LogP contribution is -2.30. The lowest BCUT2D eigenvalue weighted by atomic mass is 9.89. The number of aromatic carboxylic acids is 1. The van der Waals surface area contributed by atoms with E-state index in [1.807, 2.05) is 6.92 Å². The Morgan fingerprint density at radius 1 is 1.39 bits per heavy atom. The molecule has 0 aromatic heterocycles. The van der Waals surface area contributed by atoms with Crippen molar-refractivity contribution in [2.45, 2.75) is 27.2 Å². The highest BCUT2D eigenvalue weighted by Gasteiger charge is 2.26. The third kappa shape index (κ3) is 3.06. The summed E-state index contributed by atoms with van der Waals surface area (Å²) in [6.07, 6.45) is 0.594. The van der Waals surface area contributed by atoms with E-state index in [9.17, 15) is 14.0 Å². The average Bonchev–Trinajstić information content (AvgIpc) is 2.28. The molecule has 2 N–H and O–H groups in total. The van der Waals surface area contributed by atoms with Crippen LogP contribution >= 0.6 is 0 Å². The van der Waals surface area contributed by atoms with Gasteiger partial charge in [-0.15, -0.1) is 0 Å². The molecule has 18 heavy (non-hydrogen) atoms. The number of anilines is 1. The van der Waals surface area contributed by atoms with Crippen molar-refractivity contribution in [3.8, 4) is 0 Å². The van der Waals surface area contributed by atoms with Gasteiger partial charge in [0.25, 0.3) is 0 Å². The van der Waals surface area contributed by atoms with Gasteiger partial charge < -0.3 is 10.4 Å². The molecule has 0 unspecified atom stereocenters. The summed E-state index contributed by atoms with van der Waals surface area (Å²) >= 11 is 0. The molecule has 5 heteroatoms. The van der Waals surface area contributed by atoms with E-state index in [2.05, 4.69) is 5.32 Å². The van der Waals surface area contributed by atoms with Gasteiger partial charge in [-0.25, -0.2) is 9.18 Å². The van der Waals surface area contributed by atoms with E-state index >= 15 is 0 Å². The van der Waals surface area contributed by atoms with Gasteiger partial charge >= 0.3 is 5.97 Å². The summed E-state index contributed by atoms with van der Waals surface area (Å²) in [6.45, 7) is 5.33. The molecule has 0 heterocycles. The van der Waals surface area contributed by atoms with Crippen LogP contribution in [0.2, 0.25) is 0 Å². The first-order valence-corrected chi connectivity index (χ1v) is 5.62. The number of amides is 1. The van der Waals surface area contributed by atoms with Crippen molar-refractivity contribution in [2.75, 3.05) is 5.32 Å². The molecule has 1 amide bonds. The van der Waals surface area contributed by atoms with Crippen molar-refractivity contribution in [3.05, 3.63) is 29.6 Å². The molecular weight excluding hydrogens is 237 g/mol. The van der Waals surface area contributed by atoms with E-state index in [-0.39, 0.29) is 17.2 Å². The first-order valence-electron chi connectivity index (χ1n) is 5.62. The van der Waals surface area contributed by atoms with Crippen LogP contribution in [0.5, 0.6) is 0 Å². The second-order valence-corrected chi connectivity index (χ2v) is 4.69. The summed E-state index contributed by atoms with van der Waals surface area (Å²) in [5.41, 5.74) is -0.784. The van der Waals surface area contributed by atoms with Crippen molar-refractivity contribution >= 4 is 17.6 Å². The summed E-state index contributed by atoms with van der Waals surface area (Å²) in [6, 6.07) is 3.18. The Kier molecular flexibility index (Phi) is 4.06. The number of carbonyl (C=O) groups is 2. The molecule has 0 atom stereocenters. The maximum atomic E-state index is 13.1. The van der Waals surface area contributed by atoms with Crippen molar-refractivity contribution in [2.24, 2.45) is 5.41 Å². The molecule has 1 aromatic carbocycles. The number of hydrogen-bond acceptors (Lipinski definition) is 2. The van der Waals surface area contributed by atoms with E-state index in [4.69, 9.17) is 5.11 Å². The molecule has 4 nitrogen and oxygen atoms in total. The molecule has 0 radical (unpaired) electrons. The molecule has 0 spiro atoms. The molecule has 98 valence electrons. The first kappa shape index (κ1) is 14.2. The Hall–Kier alpha value is -1.91. The highest BCUT2D eigenvalue weighted by Crippen LogP contribution is 2.24. The smallest absolute Gasteiger partial charge is 0.337 e. The van der Waals surface area contributed by atoms with E-state index in [1.165, 1.54) is 0 Å². The maximum Gasteiger partial charge on any atom is 0.337 e. The normalized spacial score (nSPS) is 11.1. The van der Waals surface area contributed by atoms with Gasteiger partial charge in [-0.2, -0.15) is 0 Å². The number of halogens is 1. The fraction of sp³-hybridized carbons (Fsp3) is 0.385. The maximum absolute atomic E-state index is 13.1. The number of carbonyl (C=O) groups excluding carboxylic acids is 1. The quantitative estimate of drug-likeness (QED) is 0.867. The Labute approximate surface area is 105 Å². The Balaban J connectivity index is 3.07. The number of carboxylic acids is 1. The molecule has 1 rings (SSSR count). The lowest BCUT2D eigenvalue weighted by molar-refractivity contribution is -0.124. The van der Waals surface area contributed by atoms with Crippen LogP contribution in [0, 0.1) is 11.2 Å². The predicted octanol–water partition coefficient (Wildman–Crippen LogP) is 2.90. The summed E-state index contributed by atoms with van der Waals surface area (Å²) in [5, 5.41) is 11.4. The van der Waals surface area contributed by atoms with Gasteiger partial charge in [-0.05, 0) is 24.6 Å². The predicted molar refractivity (Wildman–Crippen MR) is 66.1 cm³/mol. The minimum atomic E-state index is -1.21. The molecular formula is C13H16FNO3. The van der Waals surface area contributed by atoms with Gasteiger partial charge in [0.1, 0.15) is 5.82 Å². The van der Waals surface area contributed by atoms with Crippen LogP contribution in [0.15, 0.2) is 18.2 Å². The zero-order chi connectivity index (χ0) is 13.9. The Bertz CT molecular complexity index is 483. The van der Waals surface area contributed by atoms with Crippen LogP contribution in [0.4, 0.5) is 10.1 Å². The molecule has 0 aliphatic carbocycles. The third-order valence-corrected chi connectivity index (χ3v) is 2.96. The van der Waals surface area contributed by atoms with E-state index in [0.717, 1.165) is 18.2 Å². The Morgan fingerprint density at radius 2 is 2.00 bits per heavy atom. The number of nitrogens with one attached hydrogen (secondary N) is 1. The minimum Gasteiger partial charge on any atom is -0.478 e. The zero-order valence-electron chi connectivity index (χ0n) is 10.6. The second-order valence-electron chi connectivity index (χ2n) is 4.69. The molecule has 0 bridgehead atoms. The Morgan fingerprint density at radius 3 is 2.50 bits per heavy atom. The highest BCUT2D eigenvalue weighted by molar-refractivity contribution is 6.02. The summed E-state index contributed by atoms with van der Waals surface area (Å²) < 4.78 is 13.1. The number of rotatable bonds is 4. The van der Waals surface area contributed by atoms with Crippen molar-refractivity contribution in [1.29, 1.82) is 0 Å². The monoisotopic (exact) mass is 253 g/mol. The number of benzene rings is 1. The summed E-state index contributed by atoms with van der Waals surface area (Å²) in [4.78, 5) is 22.9. The second kappa shape index (κ2) is 5.16. The van der Waals surface area contributed by atoms with E-state index in [0.29, 0.717) is 6.42 Å². The highest BCUT2D eigenvalue weighted by atomic mass is 19.1. The molecule has 1 aromatic rings.